The summed E-state index contributed by atoms with van der Waals surface area (Å²) in [5, 5.41) is 45.9. The van der Waals surface area contributed by atoms with E-state index in [1.165, 1.54) is 30.5 Å². The summed E-state index contributed by atoms with van der Waals surface area (Å²) >= 11 is 0.826. The number of ether oxygens (including phenoxy) is 2. The van der Waals surface area contributed by atoms with Crippen molar-refractivity contribution < 1.29 is 112 Å². The van der Waals surface area contributed by atoms with E-state index >= 15 is 0 Å². The van der Waals surface area contributed by atoms with Crippen LogP contribution in [-0.2, 0) is 109 Å². The standard InChI is InChI=1S/C67H59N6O26P3S3/c74-64(68-25-29-91-28-3-1-2-4-44-37-73(67(77)70-66(44)76)59-22-16-47(93-59)38-92-102(97-80,98-95-78,100(81)82)101(83)84)41-9-5-39(6-10-41)35-69-65(75)42-11-14-46(15-12-42)72-27-24-53-61(72)55-32-45-30-48(103-99-96-79)17-13-43(45)31-54(55)58-34-57-51-21-20-50(105(88,89)90)33-56(51)60-52(62(57)94-63(53)58)23-26-71(60)36-40-7-18-49(19-8-40)104(85,86)87/h5-15,17-21,30-34,37,47,59H,3-4,16,22-29,35-36,38H2,(H7-,68,69,70,74,75,76,77,78,79,80,85,86,87,88,89,90)/p+1/t47-,59+/m0/s1. The molecule has 8 N–H and O–H groups in total. The Kier molecular flexibility index (Phi) is 21.5. The molecule has 0 spiro atoms. The van der Waals surface area contributed by atoms with Gasteiger partial charge in [0.1, 0.15) is 0 Å². The fourth-order valence-corrected chi connectivity index (χ4v) is 19.0. The van der Waals surface area contributed by atoms with Crippen LogP contribution in [-0.4, -0.2) is 109 Å². The van der Waals surface area contributed by atoms with Gasteiger partial charge in [-0.05, 0) is 113 Å². The Balaban J connectivity index is 0.647. The molecule has 0 radical (unpaired) electrons. The van der Waals surface area contributed by atoms with E-state index in [0.29, 0.717) is 80.5 Å². The normalized spacial score (nSPS) is 15.6. The van der Waals surface area contributed by atoms with Crippen molar-refractivity contribution in [2.75, 3.05) is 49.3 Å². The number of aromatic nitrogens is 2. The molecule has 8 aromatic carbocycles. The number of H-pyrrole nitrogens is 1. The maximum atomic E-state index is 13.7. The molecule has 0 bridgehead atoms. The summed E-state index contributed by atoms with van der Waals surface area (Å²) in [4.78, 5) is 58.6. The molecule has 3 aliphatic rings. The first-order valence-electron chi connectivity index (χ1n) is 31.9. The van der Waals surface area contributed by atoms with Gasteiger partial charge in [0.2, 0.25) is 0 Å². The molecule has 10 aromatic rings. The van der Waals surface area contributed by atoms with Gasteiger partial charge >= 0.3 is 184 Å². The van der Waals surface area contributed by atoms with Gasteiger partial charge in [0.15, 0.2) is 0 Å². The average molecular weight is 1550 g/mol. The number of nitrogens with zero attached hydrogens (tertiary/aromatic N) is 3. The number of carbonyl (C=O) groups excluding carboxylic acids is 2. The van der Waals surface area contributed by atoms with Crippen molar-refractivity contribution >= 4 is 137 Å². The number of nitrogens with one attached hydrogen (secondary N) is 3. The second-order valence-corrected chi connectivity index (χ2v) is 38.2. The molecule has 5 heterocycles. The summed E-state index contributed by atoms with van der Waals surface area (Å²) in [6.45, 7) is -5.52. The third-order valence-corrected chi connectivity index (χ3v) is 30.2. The molecule has 0 saturated carbocycles. The number of anilines is 3. The summed E-state index contributed by atoms with van der Waals surface area (Å²) in [7, 11) is -17.9. The second kappa shape index (κ2) is 30.4. The van der Waals surface area contributed by atoms with E-state index in [-0.39, 0.29) is 85.7 Å². The Morgan fingerprint density at radius 3 is 2.04 bits per heavy atom. The van der Waals surface area contributed by atoms with Crippen LogP contribution in [0.4, 0.5) is 17.1 Å². The number of rotatable bonds is 27. The van der Waals surface area contributed by atoms with Crippen molar-refractivity contribution in [1.29, 1.82) is 0 Å². The molecule has 38 heteroatoms. The van der Waals surface area contributed by atoms with Crippen molar-refractivity contribution in [2.45, 2.75) is 78.6 Å². The minimum absolute atomic E-state index is 0.0524. The van der Waals surface area contributed by atoms with Crippen LogP contribution in [0.2, 0.25) is 0 Å². The number of hydrogen-bond donors (Lipinski definition) is 8. The van der Waals surface area contributed by atoms with Gasteiger partial charge in [-0.3, -0.25) is 18.7 Å². The third kappa shape index (κ3) is 14.9. The molecule has 13 rings (SSSR count). The molecule has 1 saturated heterocycles. The Bertz CT molecular complexity index is 5720. The van der Waals surface area contributed by atoms with Gasteiger partial charge in [-0.15, -0.1) is 4.33 Å². The first kappa shape index (κ1) is 74.2. The zero-order valence-corrected chi connectivity index (χ0v) is 59.6. The Morgan fingerprint density at radius 1 is 0.686 bits per heavy atom. The van der Waals surface area contributed by atoms with Gasteiger partial charge in [0.25, 0.3) is 32.1 Å². The van der Waals surface area contributed by atoms with Crippen LogP contribution in [0.5, 0.6) is 0 Å². The number of amides is 2. The predicted octanol–water partition coefficient (Wildman–Crippen LogP) is 11.7. The van der Waals surface area contributed by atoms with Crippen molar-refractivity contribution in [2.24, 2.45) is 0 Å². The second-order valence-electron chi connectivity index (χ2n) is 24.4. The van der Waals surface area contributed by atoms with Crippen molar-refractivity contribution in [3.8, 4) is 11.8 Å². The third-order valence-electron chi connectivity index (χ3n) is 18.2. The zero-order chi connectivity index (χ0) is 74.1. The molecule has 32 nitrogen and oxygen atoms in total. The van der Waals surface area contributed by atoms with Crippen molar-refractivity contribution in [3.05, 3.63) is 193 Å². The quantitative estimate of drug-likeness (QED) is 0.00226. The van der Waals surface area contributed by atoms with E-state index in [1.807, 2.05) is 35.2 Å². The summed E-state index contributed by atoms with van der Waals surface area (Å²) in [5.41, 5.74) is 5.98. The van der Waals surface area contributed by atoms with Crippen LogP contribution in [0.15, 0.2) is 162 Å². The molecule has 1 fully saturated rings. The number of benzene rings is 8. The SMILES string of the molecule is O=C(NCCOCCC#CCc1cn([C@H]2CC[C@@H](COP(OO)(OOO)(P(=O)=O)P(=O)=O)O2)c(=O)[nH]c1=O)c1ccc(CNC(=O)c2ccc(N3CCc4c3c3cc5cc(SOOO)ccc5cc3c3cc5c([o+]c43)c3c(c4cc(S(=O)(=O)O)ccc45)N(Cc4ccc(S(=O)(=O)O)cc4)CC3)cc2)cc1. The van der Waals surface area contributed by atoms with E-state index in [1.54, 1.807) is 54.6 Å². The van der Waals surface area contributed by atoms with E-state index in [4.69, 9.17) is 33.3 Å². The van der Waals surface area contributed by atoms with Gasteiger partial charge in [-0.25, -0.2) is 9.67 Å². The number of carbonyl (C=O) groups is 2. The predicted molar refractivity (Wildman–Crippen MR) is 379 cm³/mol. The Morgan fingerprint density at radius 2 is 1.34 bits per heavy atom. The first-order chi connectivity index (χ1) is 50.4. The van der Waals surface area contributed by atoms with Gasteiger partial charge in [-0.1, -0.05) is 41.4 Å². The summed E-state index contributed by atoms with van der Waals surface area (Å²) in [6.07, 6.45) is 0.403. The van der Waals surface area contributed by atoms with Gasteiger partial charge in [0.05, 0.1) is 68.3 Å². The Hall–Kier alpha value is -9.05. The summed E-state index contributed by atoms with van der Waals surface area (Å²) < 4.78 is 154. The van der Waals surface area contributed by atoms with E-state index in [2.05, 4.69) is 70.0 Å². The first-order valence-corrected chi connectivity index (χ1v) is 41.3. The van der Waals surface area contributed by atoms with E-state index < -0.39 is 71.8 Å². The van der Waals surface area contributed by atoms with Crippen molar-refractivity contribution in [1.82, 2.24) is 20.2 Å². The topological polar surface area (TPSA) is 442 Å². The maximum absolute atomic E-state index is 13.7. The monoisotopic (exact) mass is 1550 g/mol. The molecular formula is C67H60N6O26P3S3+. The van der Waals surface area contributed by atoms with E-state index in [0.717, 1.165) is 71.6 Å². The number of aromatic amines is 1. The van der Waals surface area contributed by atoms with Crippen LogP contribution in [0.1, 0.15) is 74.0 Å². The van der Waals surface area contributed by atoms with Gasteiger partial charge in [-0.2, -0.15) is 16.8 Å². The zero-order valence-electron chi connectivity index (χ0n) is 54.5. The largest absolute Gasteiger partial charge is 0.366 e. The maximum Gasteiger partial charge on any atom is 0.366 e. The minimum atomic E-state index is -6.54. The smallest absolute Gasteiger partial charge is 0.366 e. The molecular weight excluding hydrogens is 1490 g/mol. The molecule has 2 amide bonds. The average Bonchev–Trinajstić information content (AvgIpc) is 1.67. The van der Waals surface area contributed by atoms with Crippen molar-refractivity contribution in [3.63, 3.8) is 0 Å². The fourth-order valence-electron chi connectivity index (χ4n) is 13.2. The van der Waals surface area contributed by atoms with Crippen LogP contribution >= 0.6 is 33.4 Å². The van der Waals surface area contributed by atoms with Crippen LogP contribution in [0.25, 0.3) is 54.3 Å². The molecule has 105 heavy (non-hydrogen) atoms. The number of fused-ring (bicyclic) bond motifs is 13. The molecule has 3 aliphatic heterocycles. The summed E-state index contributed by atoms with van der Waals surface area (Å²) in [6, 6.07) is 36.1. The molecule has 2 atom stereocenters. The van der Waals surface area contributed by atoms with E-state index in [9.17, 15) is 68.6 Å². The number of hydrogen-bond acceptors (Lipinski definition) is 26. The van der Waals surface area contributed by atoms with Crippen LogP contribution in [0.3, 0.4) is 0 Å². The van der Waals surface area contributed by atoms with Gasteiger partial charge < -0.3 is 25.2 Å². The molecule has 0 aliphatic carbocycles. The van der Waals surface area contributed by atoms with Crippen LogP contribution < -0.4 is 31.7 Å². The summed E-state index contributed by atoms with van der Waals surface area (Å²) in [5.74, 6) is 5.00. The Labute approximate surface area is 598 Å². The van der Waals surface area contributed by atoms with Crippen LogP contribution in [0, 0.1) is 11.8 Å². The molecule has 2 aromatic heterocycles. The molecule has 546 valence electrons. The minimum Gasteiger partial charge on any atom is -0.366 e. The fraction of sp³-hybridized carbons (Fsp3) is 0.239. The van der Waals surface area contributed by atoms with Gasteiger partial charge in [0, 0.05) is 88.8 Å². The molecule has 0 unspecified atom stereocenters.